The maximum absolute atomic E-state index is 8.98. The van der Waals surface area contributed by atoms with Gasteiger partial charge in [-0.3, -0.25) is 0 Å². The summed E-state index contributed by atoms with van der Waals surface area (Å²) >= 11 is 0. The Morgan fingerprint density at radius 2 is 2.46 bits per heavy atom. The van der Waals surface area contributed by atoms with Crippen molar-refractivity contribution in [1.29, 1.82) is 0 Å². The molecule has 0 spiro atoms. The average molecular weight is 184 g/mol. The smallest absolute Gasteiger partial charge is 0.182 e. The molecule has 2 heterocycles. The minimum atomic E-state index is -0.519. The van der Waals surface area contributed by atoms with Crippen LogP contribution in [0, 0.1) is 0 Å². The molecule has 0 saturated carbocycles. The largest absolute Gasteiger partial charge is 0.394 e. The molecule has 1 aliphatic rings. The quantitative estimate of drug-likeness (QED) is 0.624. The van der Waals surface area contributed by atoms with Crippen molar-refractivity contribution < 1.29 is 9.84 Å². The van der Waals surface area contributed by atoms with E-state index in [0.29, 0.717) is 12.4 Å². The van der Waals surface area contributed by atoms with Crippen molar-refractivity contribution in [3.8, 4) is 0 Å². The van der Waals surface area contributed by atoms with Crippen molar-refractivity contribution in [3.63, 3.8) is 0 Å². The lowest BCUT2D eigenvalue weighted by Crippen LogP contribution is -2.41. The number of ether oxygens (including phenoxy) is 1. The molecule has 1 aliphatic heterocycles. The Morgan fingerprint density at radius 1 is 1.69 bits per heavy atom. The zero-order valence-electron chi connectivity index (χ0n) is 7.64. The highest BCUT2D eigenvalue weighted by molar-refractivity contribution is 4.99. The van der Waals surface area contributed by atoms with E-state index in [2.05, 4.69) is 15.5 Å². The third-order valence-corrected chi connectivity index (χ3v) is 2.11. The normalized spacial score (nSPS) is 25.6. The monoisotopic (exact) mass is 184 g/mol. The van der Waals surface area contributed by atoms with Gasteiger partial charge in [-0.25, -0.2) is 4.68 Å². The molecular formula is C7H12N4O2. The Hall–Kier alpha value is -1.01. The number of tetrazole rings is 1. The molecule has 0 aromatic carbocycles. The van der Waals surface area contributed by atoms with Crippen molar-refractivity contribution in [1.82, 2.24) is 20.2 Å². The lowest BCUT2D eigenvalue weighted by Gasteiger charge is -2.33. The van der Waals surface area contributed by atoms with Crippen molar-refractivity contribution in [3.05, 3.63) is 5.82 Å². The first-order valence-electron chi connectivity index (χ1n) is 4.19. The molecule has 0 radical (unpaired) electrons. The Kier molecular flexibility index (Phi) is 1.81. The number of hydrogen-bond donors (Lipinski definition) is 1. The van der Waals surface area contributed by atoms with Gasteiger partial charge < -0.3 is 9.84 Å². The predicted molar refractivity (Wildman–Crippen MR) is 42.8 cm³/mol. The molecule has 2 rings (SSSR count). The highest BCUT2D eigenvalue weighted by atomic mass is 16.5. The minimum Gasteiger partial charge on any atom is -0.394 e. The predicted octanol–water partition coefficient (Wildman–Crippen LogP) is -0.701. The lowest BCUT2D eigenvalue weighted by molar-refractivity contribution is -0.127. The van der Waals surface area contributed by atoms with Gasteiger partial charge in [-0.15, -0.1) is 5.10 Å². The van der Waals surface area contributed by atoms with Crippen molar-refractivity contribution in [2.75, 3.05) is 6.61 Å². The molecule has 6 nitrogen and oxygen atoms in total. The third-order valence-electron chi connectivity index (χ3n) is 2.11. The van der Waals surface area contributed by atoms with Crippen molar-refractivity contribution >= 4 is 0 Å². The number of aromatic nitrogens is 4. The number of aliphatic hydroxyl groups is 1. The fourth-order valence-corrected chi connectivity index (χ4v) is 1.55. The van der Waals surface area contributed by atoms with E-state index in [-0.39, 0.29) is 12.7 Å². The molecule has 72 valence electrons. The molecule has 1 N–H and O–H groups in total. The van der Waals surface area contributed by atoms with Gasteiger partial charge in [-0.2, -0.15) is 0 Å². The summed E-state index contributed by atoms with van der Waals surface area (Å²) in [5.41, 5.74) is -0.519. The third kappa shape index (κ3) is 1.31. The van der Waals surface area contributed by atoms with Crippen molar-refractivity contribution in [2.24, 2.45) is 0 Å². The maximum atomic E-state index is 8.98. The van der Waals surface area contributed by atoms with Gasteiger partial charge in [-0.1, -0.05) is 0 Å². The van der Waals surface area contributed by atoms with Crippen LogP contribution in [0.5, 0.6) is 0 Å². The number of rotatable bonds is 1. The van der Waals surface area contributed by atoms with Gasteiger partial charge in [0.25, 0.3) is 0 Å². The highest BCUT2D eigenvalue weighted by Gasteiger charge is 2.36. The molecule has 13 heavy (non-hydrogen) atoms. The van der Waals surface area contributed by atoms with E-state index < -0.39 is 5.60 Å². The molecular weight excluding hydrogens is 172 g/mol. The van der Waals surface area contributed by atoms with Crippen LogP contribution in [0.3, 0.4) is 0 Å². The van der Waals surface area contributed by atoms with Crippen LogP contribution in [-0.2, 0) is 16.9 Å². The average Bonchev–Trinajstić information content (AvgIpc) is 2.51. The number of fused-ring (bicyclic) bond motifs is 1. The second kappa shape index (κ2) is 2.74. The summed E-state index contributed by atoms with van der Waals surface area (Å²) in [6.07, 6.45) is -0.217. The molecule has 1 aromatic heterocycles. The van der Waals surface area contributed by atoms with Crippen LogP contribution in [0.2, 0.25) is 0 Å². The summed E-state index contributed by atoms with van der Waals surface area (Å²) < 4.78 is 7.27. The molecule has 1 atom stereocenters. The first-order chi connectivity index (χ1) is 6.13. The Balaban J connectivity index is 2.36. The molecule has 0 fully saturated rings. The van der Waals surface area contributed by atoms with Crippen LogP contribution < -0.4 is 0 Å². The van der Waals surface area contributed by atoms with Gasteiger partial charge in [0, 0.05) is 0 Å². The lowest BCUT2D eigenvalue weighted by atomic mass is 10.1. The second-order valence-electron chi connectivity index (χ2n) is 3.62. The summed E-state index contributed by atoms with van der Waals surface area (Å²) in [7, 11) is 0. The molecule has 1 unspecified atom stereocenters. The van der Waals surface area contributed by atoms with E-state index >= 15 is 0 Å². The van der Waals surface area contributed by atoms with E-state index in [0.717, 1.165) is 0 Å². The Morgan fingerprint density at radius 3 is 3.15 bits per heavy atom. The fourth-order valence-electron chi connectivity index (χ4n) is 1.55. The SMILES string of the molecule is CC1(C)OC(CO)Cn2nnnc21. The summed E-state index contributed by atoms with van der Waals surface area (Å²) in [4.78, 5) is 0. The second-order valence-corrected chi connectivity index (χ2v) is 3.62. The highest BCUT2D eigenvalue weighted by Crippen LogP contribution is 2.28. The number of aliphatic hydroxyl groups excluding tert-OH is 1. The summed E-state index contributed by atoms with van der Waals surface area (Å²) in [6, 6.07) is 0. The fraction of sp³-hybridized carbons (Fsp3) is 0.857. The molecule has 0 bridgehead atoms. The van der Waals surface area contributed by atoms with Gasteiger partial charge in [0.1, 0.15) is 11.7 Å². The molecule has 1 aromatic rings. The van der Waals surface area contributed by atoms with Crippen LogP contribution >= 0.6 is 0 Å². The van der Waals surface area contributed by atoms with Crippen LogP contribution in [-0.4, -0.2) is 38.0 Å². The first kappa shape index (κ1) is 8.58. The van der Waals surface area contributed by atoms with E-state index in [9.17, 15) is 0 Å². The number of nitrogens with zero attached hydrogens (tertiary/aromatic N) is 4. The molecule has 0 saturated heterocycles. The minimum absolute atomic E-state index is 0.0112. The standard InChI is InChI=1S/C7H12N4O2/c1-7(2)6-8-9-10-11(6)3-5(4-12)13-7/h5,12H,3-4H2,1-2H3. The number of hydrogen-bond acceptors (Lipinski definition) is 5. The summed E-state index contributed by atoms with van der Waals surface area (Å²) in [6.45, 7) is 4.28. The van der Waals surface area contributed by atoms with E-state index in [1.807, 2.05) is 13.8 Å². The van der Waals surface area contributed by atoms with Gasteiger partial charge in [0.2, 0.25) is 0 Å². The van der Waals surface area contributed by atoms with E-state index in [1.165, 1.54) is 0 Å². The van der Waals surface area contributed by atoms with Gasteiger partial charge in [-0.05, 0) is 24.3 Å². The van der Waals surface area contributed by atoms with E-state index in [1.54, 1.807) is 4.68 Å². The zero-order valence-corrected chi connectivity index (χ0v) is 7.64. The maximum Gasteiger partial charge on any atom is 0.182 e. The van der Waals surface area contributed by atoms with Crippen LogP contribution in [0.1, 0.15) is 19.7 Å². The topological polar surface area (TPSA) is 73.1 Å². The molecule has 6 heteroatoms. The van der Waals surface area contributed by atoms with Crippen LogP contribution in [0.15, 0.2) is 0 Å². The van der Waals surface area contributed by atoms with Crippen molar-refractivity contribution in [2.45, 2.75) is 32.1 Å². The van der Waals surface area contributed by atoms with Gasteiger partial charge >= 0.3 is 0 Å². The van der Waals surface area contributed by atoms with E-state index in [4.69, 9.17) is 9.84 Å². The Labute approximate surface area is 75.5 Å². The first-order valence-corrected chi connectivity index (χ1v) is 4.19. The summed E-state index contributed by atoms with van der Waals surface area (Å²) in [5.74, 6) is 0.706. The molecule has 0 aliphatic carbocycles. The Bertz CT molecular complexity index is 309. The van der Waals surface area contributed by atoms with Gasteiger partial charge in [0.05, 0.1) is 13.2 Å². The van der Waals surface area contributed by atoms with Gasteiger partial charge in [0.15, 0.2) is 5.82 Å². The van der Waals surface area contributed by atoms with Crippen LogP contribution in [0.25, 0.3) is 0 Å². The molecule has 0 amide bonds. The van der Waals surface area contributed by atoms with Crippen LogP contribution in [0.4, 0.5) is 0 Å². The summed E-state index contributed by atoms with van der Waals surface area (Å²) in [5, 5.41) is 20.2. The zero-order chi connectivity index (χ0) is 9.47.